The van der Waals surface area contributed by atoms with E-state index in [1.165, 1.54) is 63.5 Å². The number of carbonyl (C=O) groups is 3. The SMILES string of the molecule is C/C(=N/O)c1ccc(C(F)(F)F)cc1Cl.CC(=O)c1ccc(C(F)(F)F)cc1Cl.CC(C)OC(=O)C(Cc1ncccn1)OC(=O)NC(C)c1ccc(C(F)(F)F)cc1Cl.CC(N)c1ccc(C(F)(F)F)cc1Cl.CC(N=C=O)c1ccc(C(F)(F)F)cc1Cl. The predicted octanol–water partition coefficient (Wildman–Crippen LogP) is 18.8. The second-order valence-corrected chi connectivity index (χ2v) is 20.7. The summed E-state index contributed by atoms with van der Waals surface area (Å²) in [4.78, 5) is 56.9. The molecule has 0 spiro atoms. The van der Waals surface area contributed by atoms with Crippen LogP contribution in [0.1, 0.15) is 133 Å². The molecule has 1 amide bonds. The molecule has 1 aromatic heterocycles. The van der Waals surface area contributed by atoms with Gasteiger partial charge in [0.05, 0.1) is 68.2 Å². The normalized spacial score (nSPS) is 13.1. The first-order valence-electron chi connectivity index (χ1n) is 25.1. The number of amides is 1. The molecular weight excluding hydrogens is 1340 g/mol. The number of ether oxygens (including phenoxy) is 2. The summed E-state index contributed by atoms with van der Waals surface area (Å²) in [5.41, 5.74) is 2.98. The third-order valence-corrected chi connectivity index (χ3v) is 12.9. The summed E-state index contributed by atoms with van der Waals surface area (Å²) in [6.07, 6.45) is -20.8. The molecule has 0 aliphatic heterocycles. The Hall–Kier alpha value is -7.20. The zero-order chi connectivity index (χ0) is 69.0. The average Bonchev–Trinajstić information content (AvgIpc) is 1.11. The first-order valence-corrected chi connectivity index (χ1v) is 27.0. The van der Waals surface area contributed by atoms with Crippen molar-refractivity contribution in [1.82, 2.24) is 15.3 Å². The molecule has 0 aliphatic carbocycles. The zero-order valence-electron chi connectivity index (χ0n) is 47.3. The molecule has 4 atom stereocenters. The molecule has 0 radical (unpaired) electrons. The van der Waals surface area contributed by atoms with Crippen molar-refractivity contribution >= 4 is 87.6 Å². The van der Waals surface area contributed by atoms with Crippen LogP contribution in [0.5, 0.6) is 0 Å². The number of alkyl carbamates (subject to hydrolysis) is 1. The van der Waals surface area contributed by atoms with E-state index in [1.54, 1.807) is 33.8 Å². The zero-order valence-corrected chi connectivity index (χ0v) is 51.1. The monoisotopic (exact) mass is 1390 g/mol. The number of oxime groups is 1. The first-order chi connectivity index (χ1) is 41.3. The lowest BCUT2D eigenvalue weighted by atomic mass is 10.1. The fourth-order valence-electron chi connectivity index (χ4n) is 6.83. The second kappa shape index (κ2) is 34.3. The maximum absolute atomic E-state index is 12.8. The molecule has 0 aliphatic rings. The molecule has 1 heterocycles. The number of isocyanates is 1. The number of nitrogens with two attached hydrogens (primary N) is 1. The molecule has 6 aromatic rings. The van der Waals surface area contributed by atoms with Gasteiger partial charge < -0.3 is 25.7 Å². The van der Waals surface area contributed by atoms with E-state index in [4.69, 9.17) is 78.4 Å². The van der Waals surface area contributed by atoms with E-state index in [2.05, 4.69) is 25.4 Å². The molecular formula is C57H50Cl5F15N6O7. The number of rotatable bonds is 12. The van der Waals surface area contributed by atoms with Gasteiger partial charge in [0, 0.05) is 44.6 Å². The number of aromatic nitrogens is 2. The van der Waals surface area contributed by atoms with Gasteiger partial charge in [-0.2, -0.15) is 70.8 Å². The summed E-state index contributed by atoms with van der Waals surface area (Å²) in [6, 6.07) is 14.2. The van der Waals surface area contributed by atoms with Crippen LogP contribution >= 0.6 is 58.0 Å². The first kappa shape index (κ1) is 78.9. The van der Waals surface area contributed by atoms with Gasteiger partial charge in [-0.3, -0.25) is 4.79 Å². The third-order valence-electron chi connectivity index (χ3n) is 11.3. The van der Waals surface area contributed by atoms with Crippen LogP contribution in [0.25, 0.3) is 0 Å². The lowest BCUT2D eigenvalue weighted by Gasteiger charge is -2.21. The van der Waals surface area contributed by atoms with Crippen molar-refractivity contribution in [3.8, 4) is 0 Å². The molecule has 0 saturated carbocycles. The van der Waals surface area contributed by atoms with Gasteiger partial charge in [-0.25, -0.2) is 24.4 Å². The van der Waals surface area contributed by atoms with Crippen molar-refractivity contribution in [1.29, 1.82) is 0 Å². The molecule has 13 nitrogen and oxygen atoms in total. The molecule has 4 N–H and O–H groups in total. The Labute approximate surface area is 528 Å². The fourth-order valence-corrected chi connectivity index (χ4v) is 8.50. The molecule has 4 unspecified atom stereocenters. The van der Waals surface area contributed by atoms with Gasteiger partial charge in [0.1, 0.15) is 5.82 Å². The highest BCUT2D eigenvalue weighted by molar-refractivity contribution is 6.34. The highest BCUT2D eigenvalue weighted by Gasteiger charge is 2.35. The second-order valence-electron chi connectivity index (χ2n) is 18.6. The number of ketones is 1. The number of hydrogen-bond donors (Lipinski definition) is 3. The minimum absolute atomic E-state index is 0.0508. The lowest BCUT2D eigenvalue weighted by molar-refractivity contribution is -0.157. The number of hydrogen-bond acceptors (Lipinski definition) is 12. The summed E-state index contributed by atoms with van der Waals surface area (Å²) in [7, 11) is 0. The average molecular weight is 1390 g/mol. The predicted molar refractivity (Wildman–Crippen MR) is 304 cm³/mol. The van der Waals surface area contributed by atoms with Crippen molar-refractivity contribution in [2.45, 2.75) is 116 Å². The van der Waals surface area contributed by atoms with E-state index in [0.29, 0.717) is 11.1 Å². The van der Waals surface area contributed by atoms with E-state index in [9.17, 15) is 85.0 Å². The van der Waals surface area contributed by atoms with Gasteiger partial charge in [-0.1, -0.05) is 87.4 Å². The molecule has 90 heavy (non-hydrogen) atoms. The van der Waals surface area contributed by atoms with Crippen LogP contribution in [0.2, 0.25) is 25.1 Å². The van der Waals surface area contributed by atoms with Crippen LogP contribution in [0, 0.1) is 0 Å². The van der Waals surface area contributed by atoms with Gasteiger partial charge in [0.2, 0.25) is 12.2 Å². The summed E-state index contributed by atoms with van der Waals surface area (Å²) >= 11 is 28.4. The van der Waals surface area contributed by atoms with Gasteiger partial charge in [0.25, 0.3) is 0 Å². The highest BCUT2D eigenvalue weighted by atomic mass is 35.5. The van der Waals surface area contributed by atoms with Crippen LogP contribution < -0.4 is 11.1 Å². The van der Waals surface area contributed by atoms with E-state index >= 15 is 0 Å². The molecule has 0 saturated heterocycles. The Kier molecular flexibility index (Phi) is 30.1. The molecule has 5 aromatic carbocycles. The minimum atomic E-state index is -4.54. The van der Waals surface area contributed by atoms with E-state index in [0.717, 1.165) is 66.7 Å². The number of nitrogens with one attached hydrogen (secondary N) is 1. The summed E-state index contributed by atoms with van der Waals surface area (Å²) in [5, 5.41) is 13.3. The number of aliphatic imine (C=N–C) groups is 1. The number of nitrogens with zero attached hydrogens (tertiary/aromatic N) is 4. The van der Waals surface area contributed by atoms with Crippen LogP contribution in [-0.2, 0) is 56.4 Å². The van der Waals surface area contributed by atoms with Crippen LogP contribution in [0.4, 0.5) is 70.7 Å². The number of Topliss-reactive ketones (excluding diaryl/α,β-unsaturated/α-hetero) is 1. The summed E-state index contributed by atoms with van der Waals surface area (Å²) in [6.45, 7) is 10.7. The van der Waals surface area contributed by atoms with Gasteiger partial charge in [-0.05, 0) is 138 Å². The Bertz CT molecular complexity index is 3470. The largest absolute Gasteiger partial charge is 0.460 e. The third kappa shape index (κ3) is 26.0. The highest BCUT2D eigenvalue weighted by Crippen LogP contribution is 2.38. The van der Waals surface area contributed by atoms with E-state index in [1.807, 2.05) is 0 Å². The molecule has 490 valence electrons. The van der Waals surface area contributed by atoms with E-state index in [-0.39, 0.29) is 71.6 Å². The number of benzene rings is 5. The number of carbonyl (C=O) groups excluding carboxylic acids is 4. The molecule has 0 bridgehead atoms. The standard InChI is InChI=1S/C20H21ClF3N3O4.C10H7ClF3NO.C9H7ClF3NO.C9H9ClF3N.C9H6ClF3O/c1-11(2)30-18(28)16(10-17-25-7-4-8-26-17)31-19(29)27-12(3)14-6-5-13(9-15(14)21)20(22,23)24;1-6(15-5-16)8-3-2-7(4-9(8)11)10(12,13)14;1-5(14-15)7-3-2-6(4-8(7)10)9(11,12)13;2*1-5(14)7-3-2-6(4-8(7)10)9(11,12)13/h4-9,11-12,16H,10H2,1-3H3,(H,27,29);2-4,6H,1H3;2-4,15H,1H3;2-5H,14H2,1H3;2-4H,1H3/b;;14-5-;;. The Balaban J connectivity index is 0.000000403. The fraction of sp³-hybridized carbons (Fsp3) is 0.316. The Morgan fingerprint density at radius 1 is 0.567 bits per heavy atom. The minimum Gasteiger partial charge on any atom is -0.460 e. The number of alkyl halides is 15. The smallest absolute Gasteiger partial charge is 0.416 e. The van der Waals surface area contributed by atoms with Crippen molar-refractivity contribution in [2.24, 2.45) is 15.9 Å². The maximum Gasteiger partial charge on any atom is 0.416 e. The maximum atomic E-state index is 12.8. The molecule has 6 rings (SSSR count). The van der Waals surface area contributed by atoms with Crippen molar-refractivity contribution in [3.05, 3.63) is 196 Å². The number of esters is 1. The van der Waals surface area contributed by atoms with Crippen LogP contribution in [0.3, 0.4) is 0 Å². The summed E-state index contributed by atoms with van der Waals surface area (Å²) in [5.74, 6) is -0.874. The number of halogens is 20. The van der Waals surface area contributed by atoms with E-state index < -0.39 is 95.1 Å². The molecule has 0 fully saturated rings. The Morgan fingerprint density at radius 2 is 0.933 bits per heavy atom. The Morgan fingerprint density at radius 3 is 1.27 bits per heavy atom. The lowest BCUT2D eigenvalue weighted by Crippen LogP contribution is -2.38. The topological polar surface area (TPSA) is 196 Å². The van der Waals surface area contributed by atoms with Crippen molar-refractivity contribution < 1.29 is 99.7 Å². The van der Waals surface area contributed by atoms with Crippen LogP contribution in [-0.4, -0.2) is 57.0 Å². The van der Waals surface area contributed by atoms with Crippen molar-refractivity contribution in [3.63, 3.8) is 0 Å². The van der Waals surface area contributed by atoms with Crippen LogP contribution in [0.15, 0.2) is 120 Å². The van der Waals surface area contributed by atoms with Gasteiger partial charge >= 0.3 is 42.9 Å². The van der Waals surface area contributed by atoms with Gasteiger partial charge in [0.15, 0.2) is 5.78 Å². The summed E-state index contributed by atoms with van der Waals surface area (Å²) < 4.78 is 195. The quantitative estimate of drug-likeness (QED) is 0.0202. The molecule has 33 heteroatoms. The van der Waals surface area contributed by atoms with Crippen molar-refractivity contribution in [2.75, 3.05) is 0 Å². The van der Waals surface area contributed by atoms with Gasteiger partial charge in [-0.15, -0.1) is 0 Å².